The van der Waals surface area contributed by atoms with Crippen molar-refractivity contribution in [3.63, 3.8) is 0 Å². The van der Waals surface area contributed by atoms with E-state index in [1.165, 1.54) is 11.1 Å². The van der Waals surface area contributed by atoms with E-state index in [4.69, 9.17) is 12.2 Å². The predicted molar refractivity (Wildman–Crippen MR) is 88.0 cm³/mol. The number of benzene rings is 1. The summed E-state index contributed by atoms with van der Waals surface area (Å²) in [6, 6.07) is 12.4. The van der Waals surface area contributed by atoms with Crippen molar-refractivity contribution in [2.24, 2.45) is 0 Å². The lowest BCUT2D eigenvalue weighted by Crippen LogP contribution is -2.29. The number of rotatable bonds is 5. The molecule has 104 valence electrons. The lowest BCUT2D eigenvalue weighted by molar-refractivity contribution is 0.777. The molecule has 1 aromatic heterocycles. The van der Waals surface area contributed by atoms with Crippen molar-refractivity contribution in [2.75, 3.05) is 11.9 Å². The third-order valence-corrected chi connectivity index (χ3v) is 3.18. The summed E-state index contributed by atoms with van der Waals surface area (Å²) >= 11 is 5.24. The van der Waals surface area contributed by atoms with E-state index in [9.17, 15) is 0 Å². The van der Waals surface area contributed by atoms with Gasteiger partial charge in [-0.2, -0.15) is 0 Å². The first-order valence-electron chi connectivity index (χ1n) is 6.74. The highest BCUT2D eigenvalue weighted by Crippen LogP contribution is 2.06. The molecule has 2 rings (SSSR count). The third kappa shape index (κ3) is 4.97. The van der Waals surface area contributed by atoms with Gasteiger partial charge in [0.25, 0.3) is 0 Å². The standard InChI is InChI=1S/C16H19N3S/c1-13-5-2-6-14(11-13)7-3-10-18-16(20)19-15-8-4-9-17-12-15/h2,4-6,8-9,11-12H,3,7,10H2,1H3,(H2,18,19,20). The van der Waals surface area contributed by atoms with Crippen LogP contribution in [0.2, 0.25) is 0 Å². The van der Waals surface area contributed by atoms with E-state index in [0.29, 0.717) is 5.11 Å². The Morgan fingerprint density at radius 1 is 1.25 bits per heavy atom. The van der Waals surface area contributed by atoms with Gasteiger partial charge < -0.3 is 10.6 Å². The fourth-order valence-electron chi connectivity index (χ4n) is 1.97. The number of hydrogen-bond acceptors (Lipinski definition) is 2. The monoisotopic (exact) mass is 285 g/mol. The van der Waals surface area contributed by atoms with Crippen molar-refractivity contribution in [3.8, 4) is 0 Å². The Kier molecular flexibility index (Phi) is 5.50. The molecule has 0 fully saturated rings. The molecule has 1 aromatic carbocycles. The number of nitrogens with one attached hydrogen (secondary N) is 2. The molecule has 0 amide bonds. The van der Waals surface area contributed by atoms with Gasteiger partial charge in [-0.25, -0.2) is 0 Å². The van der Waals surface area contributed by atoms with Gasteiger partial charge in [-0.15, -0.1) is 0 Å². The van der Waals surface area contributed by atoms with Crippen LogP contribution in [0.25, 0.3) is 0 Å². The maximum Gasteiger partial charge on any atom is 0.170 e. The molecule has 0 unspecified atom stereocenters. The van der Waals surface area contributed by atoms with Gasteiger partial charge in [0.15, 0.2) is 5.11 Å². The minimum atomic E-state index is 0.641. The first-order chi connectivity index (χ1) is 9.74. The average molecular weight is 285 g/mol. The van der Waals surface area contributed by atoms with Crippen molar-refractivity contribution in [3.05, 3.63) is 59.9 Å². The fourth-order valence-corrected chi connectivity index (χ4v) is 2.19. The van der Waals surface area contributed by atoms with Crippen molar-refractivity contribution in [1.29, 1.82) is 0 Å². The Hall–Kier alpha value is -1.94. The Morgan fingerprint density at radius 3 is 2.90 bits per heavy atom. The predicted octanol–water partition coefficient (Wildman–Crippen LogP) is 3.31. The van der Waals surface area contributed by atoms with Crippen molar-refractivity contribution in [1.82, 2.24) is 10.3 Å². The Labute approximate surface area is 125 Å². The molecule has 0 aliphatic rings. The smallest absolute Gasteiger partial charge is 0.170 e. The molecule has 20 heavy (non-hydrogen) atoms. The molecule has 0 radical (unpaired) electrons. The van der Waals surface area contributed by atoms with Crippen LogP contribution in [-0.4, -0.2) is 16.6 Å². The summed E-state index contributed by atoms with van der Waals surface area (Å²) in [5.74, 6) is 0. The Morgan fingerprint density at radius 2 is 2.15 bits per heavy atom. The van der Waals surface area contributed by atoms with E-state index < -0.39 is 0 Å². The number of nitrogens with zero attached hydrogens (tertiary/aromatic N) is 1. The summed E-state index contributed by atoms with van der Waals surface area (Å²) in [7, 11) is 0. The third-order valence-electron chi connectivity index (χ3n) is 2.93. The van der Waals surface area contributed by atoms with Gasteiger partial charge in [0.1, 0.15) is 0 Å². The van der Waals surface area contributed by atoms with Crippen LogP contribution in [0, 0.1) is 6.92 Å². The van der Waals surface area contributed by atoms with Gasteiger partial charge in [-0.1, -0.05) is 29.8 Å². The lowest BCUT2D eigenvalue weighted by Gasteiger charge is -2.10. The Bertz CT molecular complexity index is 555. The van der Waals surface area contributed by atoms with Crippen LogP contribution >= 0.6 is 12.2 Å². The summed E-state index contributed by atoms with van der Waals surface area (Å²) in [6.07, 6.45) is 5.60. The molecule has 2 N–H and O–H groups in total. The second-order valence-electron chi connectivity index (χ2n) is 4.72. The Balaban J connectivity index is 1.67. The van der Waals surface area contributed by atoms with E-state index in [2.05, 4.69) is 46.8 Å². The zero-order chi connectivity index (χ0) is 14.2. The summed E-state index contributed by atoms with van der Waals surface area (Å²) < 4.78 is 0. The summed E-state index contributed by atoms with van der Waals surface area (Å²) in [5.41, 5.74) is 3.59. The van der Waals surface area contributed by atoms with Gasteiger partial charge in [0.2, 0.25) is 0 Å². The minimum absolute atomic E-state index is 0.641. The van der Waals surface area contributed by atoms with E-state index >= 15 is 0 Å². The van der Waals surface area contributed by atoms with Gasteiger partial charge in [0.05, 0.1) is 11.9 Å². The van der Waals surface area contributed by atoms with Crippen molar-refractivity contribution >= 4 is 23.0 Å². The molecule has 0 saturated heterocycles. The van der Waals surface area contributed by atoms with Crippen LogP contribution < -0.4 is 10.6 Å². The van der Waals surface area contributed by atoms with Gasteiger partial charge >= 0.3 is 0 Å². The second-order valence-corrected chi connectivity index (χ2v) is 5.12. The number of thiocarbonyl (C=S) groups is 1. The van der Waals surface area contributed by atoms with Crippen LogP contribution in [0.3, 0.4) is 0 Å². The van der Waals surface area contributed by atoms with Crippen LogP contribution in [0.1, 0.15) is 17.5 Å². The molecule has 0 spiro atoms. The van der Waals surface area contributed by atoms with E-state index in [1.807, 2.05) is 12.1 Å². The van der Waals surface area contributed by atoms with Crippen LogP contribution in [-0.2, 0) is 6.42 Å². The highest BCUT2D eigenvalue weighted by Gasteiger charge is 1.97. The molecule has 0 bridgehead atoms. The topological polar surface area (TPSA) is 37.0 Å². The molecule has 0 saturated carbocycles. The fraction of sp³-hybridized carbons (Fsp3) is 0.250. The van der Waals surface area contributed by atoms with E-state index in [1.54, 1.807) is 12.4 Å². The zero-order valence-electron chi connectivity index (χ0n) is 11.6. The maximum atomic E-state index is 5.24. The summed E-state index contributed by atoms with van der Waals surface area (Å²) in [5, 5.41) is 6.96. The SMILES string of the molecule is Cc1cccc(CCCNC(=S)Nc2cccnc2)c1. The quantitative estimate of drug-likeness (QED) is 0.653. The number of anilines is 1. The van der Waals surface area contributed by atoms with Crippen LogP contribution in [0.5, 0.6) is 0 Å². The molecule has 1 heterocycles. The van der Waals surface area contributed by atoms with E-state index in [0.717, 1.165) is 25.1 Å². The summed E-state index contributed by atoms with van der Waals surface area (Å²) in [6.45, 7) is 2.98. The highest BCUT2D eigenvalue weighted by molar-refractivity contribution is 7.80. The van der Waals surface area contributed by atoms with Crippen LogP contribution in [0.15, 0.2) is 48.8 Å². The average Bonchev–Trinajstić information content (AvgIpc) is 2.45. The first kappa shape index (κ1) is 14.5. The van der Waals surface area contributed by atoms with Gasteiger partial charge in [0, 0.05) is 12.7 Å². The second kappa shape index (κ2) is 7.60. The molecule has 0 aliphatic carbocycles. The molecule has 3 nitrogen and oxygen atoms in total. The maximum absolute atomic E-state index is 5.24. The van der Waals surface area contributed by atoms with Crippen molar-refractivity contribution in [2.45, 2.75) is 19.8 Å². The number of aromatic nitrogens is 1. The molecular formula is C16H19N3S. The van der Waals surface area contributed by atoms with E-state index in [-0.39, 0.29) is 0 Å². The highest BCUT2D eigenvalue weighted by atomic mass is 32.1. The number of pyridine rings is 1. The first-order valence-corrected chi connectivity index (χ1v) is 7.15. The molecule has 0 atom stereocenters. The number of hydrogen-bond donors (Lipinski definition) is 2. The van der Waals surface area contributed by atoms with Gasteiger partial charge in [-0.3, -0.25) is 4.98 Å². The zero-order valence-corrected chi connectivity index (χ0v) is 12.4. The minimum Gasteiger partial charge on any atom is -0.362 e. The van der Waals surface area contributed by atoms with Gasteiger partial charge in [-0.05, 0) is 49.7 Å². The largest absolute Gasteiger partial charge is 0.362 e. The molecular weight excluding hydrogens is 266 g/mol. The lowest BCUT2D eigenvalue weighted by atomic mass is 10.1. The van der Waals surface area contributed by atoms with Crippen molar-refractivity contribution < 1.29 is 0 Å². The number of aryl methyl sites for hydroxylation is 2. The molecule has 2 aromatic rings. The molecule has 0 aliphatic heterocycles. The van der Waals surface area contributed by atoms with Crippen LogP contribution in [0.4, 0.5) is 5.69 Å². The molecule has 4 heteroatoms. The summed E-state index contributed by atoms with van der Waals surface area (Å²) in [4.78, 5) is 4.03. The normalized spacial score (nSPS) is 10.1.